The SMILES string of the molecule is CN(CO)C(=S)S.[H-].[K+]. The van der Waals surface area contributed by atoms with Crippen molar-refractivity contribution in [3.8, 4) is 0 Å². The van der Waals surface area contributed by atoms with Crippen molar-refractivity contribution in [2.75, 3.05) is 13.8 Å². The predicted octanol–water partition coefficient (Wildman–Crippen LogP) is -2.80. The molecule has 0 unspecified atom stereocenters. The number of aliphatic hydroxyl groups excluding tert-OH is 1. The van der Waals surface area contributed by atoms with Gasteiger partial charge in [0.2, 0.25) is 0 Å². The molecule has 0 aromatic heterocycles. The zero-order valence-electron chi connectivity index (χ0n) is 5.96. The number of hydrogen-bond donors (Lipinski definition) is 2. The van der Waals surface area contributed by atoms with Crippen molar-refractivity contribution in [3.05, 3.63) is 0 Å². The van der Waals surface area contributed by atoms with Crippen molar-refractivity contribution in [1.82, 2.24) is 4.90 Å². The summed E-state index contributed by atoms with van der Waals surface area (Å²) in [6.45, 7) is -0.0671. The average molecular weight is 177 g/mol. The molecule has 1 N–H and O–H groups in total. The van der Waals surface area contributed by atoms with Gasteiger partial charge in [0.25, 0.3) is 0 Å². The molecule has 0 saturated heterocycles. The van der Waals surface area contributed by atoms with Crippen LogP contribution in [0.4, 0.5) is 0 Å². The summed E-state index contributed by atoms with van der Waals surface area (Å²) < 4.78 is 0.405. The molecule has 0 bridgehead atoms. The molecular weight excluding hydrogens is 169 g/mol. The fourth-order valence-electron chi connectivity index (χ4n) is 0.0605. The largest absolute Gasteiger partial charge is 1.00 e. The fourth-order valence-corrected chi connectivity index (χ4v) is 0.181. The van der Waals surface area contributed by atoms with Gasteiger partial charge in [0.1, 0.15) is 11.1 Å². The van der Waals surface area contributed by atoms with Crippen LogP contribution in [0.2, 0.25) is 0 Å². The van der Waals surface area contributed by atoms with Gasteiger partial charge in [-0.15, -0.1) is 12.6 Å². The molecule has 0 aliphatic rings. The number of nitrogens with zero attached hydrogens (tertiary/aromatic N) is 1. The van der Waals surface area contributed by atoms with Gasteiger partial charge in [0.15, 0.2) is 0 Å². The van der Waals surface area contributed by atoms with Gasteiger partial charge in [-0.05, 0) is 0 Å². The van der Waals surface area contributed by atoms with Crippen LogP contribution in [0.5, 0.6) is 0 Å². The quantitative estimate of drug-likeness (QED) is 0.196. The molecule has 44 valence electrons. The maximum atomic E-state index is 8.29. The zero-order chi connectivity index (χ0) is 5.86. The van der Waals surface area contributed by atoms with E-state index >= 15 is 0 Å². The van der Waals surface area contributed by atoms with Crippen LogP contribution in [0, 0.1) is 0 Å². The molecule has 0 radical (unpaired) electrons. The summed E-state index contributed by atoms with van der Waals surface area (Å²) in [6, 6.07) is 0. The van der Waals surface area contributed by atoms with E-state index in [0.717, 1.165) is 0 Å². The standard InChI is InChI=1S/C3H7NOS2.K.H/c1-4(2-5)3(6)7;;/h5H,2H2,1H3,(H,6,7);;/q;+1;-1. The van der Waals surface area contributed by atoms with Gasteiger partial charge in [-0.2, -0.15) is 0 Å². The van der Waals surface area contributed by atoms with Crippen LogP contribution in [0.15, 0.2) is 0 Å². The molecule has 8 heavy (non-hydrogen) atoms. The number of thiocarbonyl (C=S) groups is 1. The second-order valence-corrected chi connectivity index (χ2v) is 2.23. The van der Waals surface area contributed by atoms with Crippen molar-refractivity contribution in [2.24, 2.45) is 0 Å². The molecule has 0 aromatic carbocycles. The Labute approximate surface area is 104 Å². The fraction of sp³-hybridized carbons (Fsp3) is 0.667. The molecule has 0 atom stereocenters. The number of aliphatic hydroxyl groups is 1. The number of rotatable bonds is 1. The van der Waals surface area contributed by atoms with Crippen molar-refractivity contribution < 1.29 is 57.9 Å². The van der Waals surface area contributed by atoms with Gasteiger partial charge in [-0.25, -0.2) is 0 Å². The van der Waals surface area contributed by atoms with E-state index in [2.05, 4.69) is 24.8 Å². The Morgan fingerprint density at radius 2 is 2.38 bits per heavy atom. The van der Waals surface area contributed by atoms with Crippen molar-refractivity contribution in [1.29, 1.82) is 0 Å². The normalized spacial score (nSPS) is 7.38. The summed E-state index contributed by atoms with van der Waals surface area (Å²) in [4.78, 5) is 1.44. The van der Waals surface area contributed by atoms with Crippen LogP contribution < -0.4 is 51.4 Å². The van der Waals surface area contributed by atoms with Crippen LogP contribution in [0.25, 0.3) is 0 Å². The van der Waals surface area contributed by atoms with E-state index < -0.39 is 0 Å². The molecule has 0 heterocycles. The van der Waals surface area contributed by atoms with Crippen LogP contribution >= 0.6 is 24.8 Å². The van der Waals surface area contributed by atoms with Crippen LogP contribution in [-0.4, -0.2) is 28.1 Å². The summed E-state index contributed by atoms with van der Waals surface area (Å²) in [5.41, 5.74) is 0. The molecule has 0 rings (SSSR count). The minimum atomic E-state index is -0.0671. The maximum absolute atomic E-state index is 8.29. The number of hydrogen-bond acceptors (Lipinski definition) is 2. The van der Waals surface area contributed by atoms with Gasteiger partial charge in [0, 0.05) is 7.05 Å². The molecular formula is C3H8KNOS2. The summed E-state index contributed by atoms with van der Waals surface area (Å²) in [6.07, 6.45) is 0. The molecule has 0 fully saturated rings. The van der Waals surface area contributed by atoms with Crippen molar-refractivity contribution in [3.63, 3.8) is 0 Å². The second-order valence-electron chi connectivity index (χ2n) is 1.12. The third-order valence-electron chi connectivity index (χ3n) is 0.539. The van der Waals surface area contributed by atoms with E-state index in [4.69, 9.17) is 5.11 Å². The molecule has 5 heteroatoms. The summed E-state index contributed by atoms with van der Waals surface area (Å²) in [7, 11) is 1.66. The monoisotopic (exact) mass is 177 g/mol. The minimum absolute atomic E-state index is 0. The van der Waals surface area contributed by atoms with E-state index in [1.165, 1.54) is 4.90 Å². The van der Waals surface area contributed by atoms with Gasteiger partial charge in [-0.3, -0.25) is 0 Å². The maximum Gasteiger partial charge on any atom is 1.00 e. The molecule has 0 aliphatic heterocycles. The smallest absolute Gasteiger partial charge is 1.00 e. The Balaban J connectivity index is -0.000000180. The van der Waals surface area contributed by atoms with Crippen molar-refractivity contribution in [2.45, 2.75) is 0 Å². The van der Waals surface area contributed by atoms with E-state index in [9.17, 15) is 0 Å². The predicted molar refractivity (Wildman–Crippen MR) is 37.5 cm³/mol. The van der Waals surface area contributed by atoms with E-state index in [1.807, 2.05) is 0 Å². The molecule has 0 saturated carbocycles. The molecule has 2 nitrogen and oxygen atoms in total. The molecule has 0 spiro atoms. The first-order valence-electron chi connectivity index (χ1n) is 1.73. The van der Waals surface area contributed by atoms with E-state index in [1.54, 1.807) is 7.05 Å². The van der Waals surface area contributed by atoms with Crippen LogP contribution in [-0.2, 0) is 0 Å². The minimum Gasteiger partial charge on any atom is -1.00 e. The average Bonchev–Trinajstić information content (AvgIpc) is 1.65. The van der Waals surface area contributed by atoms with Gasteiger partial charge in [-0.1, -0.05) is 12.2 Å². The van der Waals surface area contributed by atoms with E-state index in [0.29, 0.717) is 4.32 Å². The Kier molecular flexibility index (Phi) is 10.9. The zero-order valence-corrected chi connectivity index (χ0v) is 9.79. The summed E-state index contributed by atoms with van der Waals surface area (Å²) >= 11 is 8.32. The summed E-state index contributed by atoms with van der Waals surface area (Å²) in [5.74, 6) is 0. The topological polar surface area (TPSA) is 23.5 Å². The van der Waals surface area contributed by atoms with Crippen LogP contribution in [0.1, 0.15) is 1.43 Å². The third-order valence-corrected chi connectivity index (χ3v) is 1.19. The Bertz CT molecular complexity index is 84.2. The Hall–Kier alpha value is 1.84. The Morgan fingerprint density at radius 3 is 2.38 bits per heavy atom. The van der Waals surface area contributed by atoms with Gasteiger partial charge >= 0.3 is 51.4 Å². The summed E-state index contributed by atoms with van der Waals surface area (Å²) in [5, 5.41) is 8.29. The first kappa shape index (κ1) is 12.5. The number of thiol groups is 1. The molecule has 0 amide bonds. The van der Waals surface area contributed by atoms with Crippen molar-refractivity contribution >= 4 is 29.2 Å². The van der Waals surface area contributed by atoms with Crippen LogP contribution in [0.3, 0.4) is 0 Å². The molecule has 0 aliphatic carbocycles. The Morgan fingerprint density at radius 1 is 2.00 bits per heavy atom. The van der Waals surface area contributed by atoms with E-state index in [-0.39, 0.29) is 59.5 Å². The third kappa shape index (κ3) is 5.96. The second kappa shape index (κ2) is 6.95. The first-order chi connectivity index (χ1) is 3.18. The molecule has 0 aromatic rings. The van der Waals surface area contributed by atoms with Gasteiger partial charge in [0.05, 0.1) is 0 Å². The van der Waals surface area contributed by atoms with Gasteiger partial charge < -0.3 is 11.4 Å². The first-order valence-corrected chi connectivity index (χ1v) is 2.59.